The second-order valence-electron chi connectivity index (χ2n) is 6.38. The highest BCUT2D eigenvalue weighted by molar-refractivity contribution is 6.20. The topological polar surface area (TPSA) is 66.9 Å². The van der Waals surface area contributed by atoms with E-state index in [0.29, 0.717) is 11.6 Å². The van der Waals surface area contributed by atoms with E-state index in [1.807, 2.05) is 18.2 Å². The Kier molecular flexibility index (Phi) is 4.16. The van der Waals surface area contributed by atoms with Gasteiger partial charge in [0.15, 0.2) is 0 Å². The molecular weight excluding hydrogens is 332 g/mol. The first-order valence-electron chi connectivity index (χ1n) is 8.66. The van der Waals surface area contributed by atoms with Crippen molar-refractivity contribution in [3.63, 3.8) is 0 Å². The molecule has 6 nitrogen and oxygen atoms in total. The lowest BCUT2D eigenvalue weighted by molar-refractivity contribution is -0.168. The molecule has 0 bridgehead atoms. The van der Waals surface area contributed by atoms with Crippen molar-refractivity contribution >= 4 is 23.5 Å². The Hall–Kier alpha value is -3.15. The molecule has 0 fully saturated rings. The molecule has 0 spiro atoms. The number of fused-ring (bicyclic) bond motifs is 2. The number of imide groups is 1. The summed E-state index contributed by atoms with van der Waals surface area (Å²) in [6.45, 7) is 1.36. The van der Waals surface area contributed by atoms with Gasteiger partial charge in [-0.15, -0.1) is 0 Å². The molecule has 0 atom stereocenters. The molecule has 26 heavy (non-hydrogen) atoms. The van der Waals surface area contributed by atoms with Crippen molar-refractivity contribution in [2.45, 2.75) is 19.3 Å². The van der Waals surface area contributed by atoms with Gasteiger partial charge in [0.05, 0.1) is 17.5 Å². The molecule has 0 aliphatic carbocycles. The van der Waals surface area contributed by atoms with E-state index >= 15 is 0 Å². The highest BCUT2D eigenvalue weighted by Crippen LogP contribution is 2.27. The largest absolute Gasteiger partial charge is 0.371 e. The highest BCUT2D eigenvalue weighted by Gasteiger charge is 2.38. The summed E-state index contributed by atoms with van der Waals surface area (Å²) in [6.07, 6.45) is 2.17. The first kappa shape index (κ1) is 16.3. The van der Waals surface area contributed by atoms with Crippen LogP contribution in [0.1, 0.15) is 39.1 Å². The molecule has 2 amide bonds. The van der Waals surface area contributed by atoms with Crippen LogP contribution in [0.3, 0.4) is 0 Å². The van der Waals surface area contributed by atoms with E-state index in [1.54, 1.807) is 24.3 Å². The van der Waals surface area contributed by atoms with Crippen LogP contribution in [0.5, 0.6) is 0 Å². The summed E-state index contributed by atoms with van der Waals surface area (Å²) in [6, 6.07) is 14.6. The number of benzene rings is 2. The smallest absolute Gasteiger partial charge is 0.335 e. The third kappa shape index (κ3) is 2.83. The van der Waals surface area contributed by atoms with Gasteiger partial charge >= 0.3 is 5.97 Å². The van der Waals surface area contributed by atoms with E-state index in [-0.39, 0.29) is 17.5 Å². The van der Waals surface area contributed by atoms with E-state index in [2.05, 4.69) is 11.0 Å². The van der Waals surface area contributed by atoms with Crippen LogP contribution in [-0.4, -0.2) is 35.9 Å². The van der Waals surface area contributed by atoms with E-state index in [9.17, 15) is 14.4 Å². The van der Waals surface area contributed by atoms with Gasteiger partial charge in [-0.25, -0.2) is 4.79 Å². The number of para-hydroxylation sites is 1. The second-order valence-corrected chi connectivity index (χ2v) is 6.38. The number of nitrogens with zero attached hydrogens (tertiary/aromatic N) is 2. The number of carbonyl (C=O) groups is 3. The first-order chi connectivity index (χ1) is 12.6. The highest BCUT2D eigenvalue weighted by atomic mass is 16.7. The van der Waals surface area contributed by atoms with Gasteiger partial charge in [-0.1, -0.05) is 35.4 Å². The Bertz CT molecular complexity index is 858. The molecule has 0 radical (unpaired) electrons. The van der Waals surface area contributed by atoms with Crippen molar-refractivity contribution in [2.24, 2.45) is 0 Å². The fourth-order valence-electron chi connectivity index (χ4n) is 3.47. The molecule has 0 N–H and O–H groups in total. The number of aryl methyl sites for hydroxylation is 1. The fourth-order valence-corrected chi connectivity index (χ4v) is 3.47. The summed E-state index contributed by atoms with van der Waals surface area (Å²) in [5, 5.41) is 0.567. The Balaban J connectivity index is 1.39. The summed E-state index contributed by atoms with van der Waals surface area (Å²) in [5.41, 5.74) is 2.92. The van der Waals surface area contributed by atoms with E-state index in [1.165, 1.54) is 5.56 Å². The van der Waals surface area contributed by atoms with Gasteiger partial charge in [-0.2, -0.15) is 0 Å². The SMILES string of the molecule is O=C(CCN1CCCc2ccccc21)ON1C(=O)c2ccccc2C1=O. The summed E-state index contributed by atoms with van der Waals surface area (Å²) >= 11 is 0. The maximum atomic E-state index is 12.2. The van der Waals surface area contributed by atoms with Crippen molar-refractivity contribution < 1.29 is 19.2 Å². The summed E-state index contributed by atoms with van der Waals surface area (Å²) in [5.74, 6) is -1.79. The van der Waals surface area contributed by atoms with Crippen LogP contribution in [0, 0.1) is 0 Å². The van der Waals surface area contributed by atoms with Crippen LogP contribution in [0.4, 0.5) is 5.69 Å². The quantitative estimate of drug-likeness (QED) is 0.793. The van der Waals surface area contributed by atoms with Crippen LogP contribution in [0.2, 0.25) is 0 Å². The second kappa shape index (κ2) is 6.63. The van der Waals surface area contributed by atoms with Crippen LogP contribution in [0.15, 0.2) is 48.5 Å². The van der Waals surface area contributed by atoms with Crippen LogP contribution in [-0.2, 0) is 16.1 Å². The maximum Gasteiger partial charge on any atom is 0.335 e. The van der Waals surface area contributed by atoms with Gasteiger partial charge in [-0.3, -0.25) is 9.59 Å². The van der Waals surface area contributed by atoms with Crippen molar-refractivity contribution in [2.75, 3.05) is 18.0 Å². The summed E-state index contributed by atoms with van der Waals surface area (Å²) in [4.78, 5) is 43.9. The Morgan fingerprint density at radius 3 is 2.35 bits per heavy atom. The number of hydrogen-bond donors (Lipinski definition) is 0. The monoisotopic (exact) mass is 350 g/mol. The molecule has 0 saturated heterocycles. The molecule has 0 saturated carbocycles. The predicted octanol–water partition coefficient (Wildman–Crippen LogP) is 2.58. The molecule has 2 aromatic carbocycles. The Labute approximate surface area is 150 Å². The molecular formula is C20H18N2O4. The standard InChI is InChI=1S/C20H18N2O4/c23-18(11-13-21-12-5-7-14-6-1-4-10-17(14)21)26-22-19(24)15-8-2-3-9-16(15)20(22)25/h1-4,6,8-10H,5,7,11-13H2. The molecule has 4 rings (SSSR count). The van der Waals surface area contributed by atoms with Gasteiger partial charge in [0.1, 0.15) is 0 Å². The average molecular weight is 350 g/mol. The molecule has 132 valence electrons. The van der Waals surface area contributed by atoms with Crippen molar-refractivity contribution in [3.05, 3.63) is 65.2 Å². The lowest BCUT2D eigenvalue weighted by Crippen LogP contribution is -2.35. The molecule has 2 aromatic rings. The van der Waals surface area contributed by atoms with Crippen LogP contribution < -0.4 is 4.90 Å². The van der Waals surface area contributed by atoms with Gasteiger partial charge in [-0.05, 0) is 36.6 Å². The molecule has 2 aliphatic rings. The normalized spacial score (nSPS) is 15.7. The number of rotatable bonds is 4. The lowest BCUT2D eigenvalue weighted by Gasteiger charge is -2.31. The lowest BCUT2D eigenvalue weighted by atomic mass is 10.0. The zero-order chi connectivity index (χ0) is 18.1. The van der Waals surface area contributed by atoms with Gasteiger partial charge in [0, 0.05) is 18.8 Å². The van der Waals surface area contributed by atoms with E-state index in [0.717, 1.165) is 25.1 Å². The minimum absolute atomic E-state index is 0.0989. The molecule has 6 heteroatoms. The number of carbonyl (C=O) groups excluding carboxylic acids is 3. The minimum atomic E-state index is -0.595. The zero-order valence-corrected chi connectivity index (χ0v) is 14.2. The van der Waals surface area contributed by atoms with E-state index < -0.39 is 17.8 Å². The summed E-state index contributed by atoms with van der Waals surface area (Å²) in [7, 11) is 0. The number of hydrogen-bond acceptors (Lipinski definition) is 5. The Morgan fingerprint density at radius 2 is 1.62 bits per heavy atom. The fraction of sp³-hybridized carbons (Fsp3) is 0.250. The van der Waals surface area contributed by atoms with Crippen LogP contribution >= 0.6 is 0 Å². The Morgan fingerprint density at radius 1 is 0.962 bits per heavy atom. The van der Waals surface area contributed by atoms with Crippen LogP contribution in [0.25, 0.3) is 0 Å². The van der Waals surface area contributed by atoms with Crippen molar-refractivity contribution in [3.8, 4) is 0 Å². The first-order valence-corrected chi connectivity index (χ1v) is 8.66. The average Bonchev–Trinajstić information content (AvgIpc) is 2.91. The maximum absolute atomic E-state index is 12.2. The van der Waals surface area contributed by atoms with E-state index in [4.69, 9.17) is 4.84 Å². The molecule has 0 aromatic heterocycles. The number of amides is 2. The molecule has 2 heterocycles. The third-order valence-corrected chi connectivity index (χ3v) is 4.74. The number of anilines is 1. The van der Waals surface area contributed by atoms with Gasteiger partial charge < -0.3 is 9.74 Å². The van der Waals surface area contributed by atoms with Crippen molar-refractivity contribution in [1.29, 1.82) is 0 Å². The molecule has 2 aliphatic heterocycles. The zero-order valence-electron chi connectivity index (χ0n) is 14.2. The number of hydroxylamine groups is 2. The predicted molar refractivity (Wildman–Crippen MR) is 94.6 cm³/mol. The van der Waals surface area contributed by atoms with Crippen molar-refractivity contribution in [1.82, 2.24) is 5.06 Å². The minimum Gasteiger partial charge on any atom is -0.371 e. The molecule has 0 unspecified atom stereocenters. The third-order valence-electron chi connectivity index (χ3n) is 4.74. The summed E-state index contributed by atoms with van der Waals surface area (Å²) < 4.78 is 0. The van der Waals surface area contributed by atoms with Gasteiger partial charge in [0.2, 0.25) is 0 Å². The van der Waals surface area contributed by atoms with Gasteiger partial charge in [0.25, 0.3) is 11.8 Å².